The summed E-state index contributed by atoms with van der Waals surface area (Å²) in [5.41, 5.74) is 0.735. The number of hydrogen-bond donors (Lipinski definition) is 1. The average molecular weight is 328 g/mol. The van der Waals surface area contributed by atoms with Gasteiger partial charge in [0.05, 0.1) is 0 Å². The van der Waals surface area contributed by atoms with Crippen molar-refractivity contribution in [1.82, 2.24) is 15.5 Å². The van der Waals surface area contributed by atoms with Crippen LogP contribution in [0.15, 0.2) is 12.1 Å². The molecule has 1 amide bonds. The Morgan fingerprint density at radius 1 is 1.12 bits per heavy atom. The van der Waals surface area contributed by atoms with Gasteiger partial charge in [0.25, 0.3) is 5.91 Å². The second kappa shape index (κ2) is 5.71. The highest BCUT2D eigenvalue weighted by Crippen LogP contribution is 2.61. The summed E-state index contributed by atoms with van der Waals surface area (Å²) in [4.78, 5) is 14.5. The fraction of sp³-hybridized carbons (Fsp3) is 0.737. The van der Waals surface area contributed by atoms with Crippen LogP contribution < -0.4 is 10.2 Å². The van der Waals surface area contributed by atoms with Gasteiger partial charge in [0, 0.05) is 20.1 Å². The van der Waals surface area contributed by atoms with Gasteiger partial charge in [-0.3, -0.25) is 4.79 Å². The number of nitrogens with zero attached hydrogens (tertiary/aromatic N) is 3. The predicted molar refractivity (Wildman–Crippen MR) is 93.9 cm³/mol. The Balaban J connectivity index is 1.45. The summed E-state index contributed by atoms with van der Waals surface area (Å²) in [5, 5.41) is 11.5. The fourth-order valence-corrected chi connectivity index (χ4v) is 5.82. The highest BCUT2D eigenvalue weighted by molar-refractivity contribution is 5.92. The number of nitrogens with one attached hydrogen (secondary N) is 1. The molecule has 1 atom stereocenters. The molecule has 1 N–H and O–H groups in total. The molecule has 1 heterocycles. The molecule has 24 heavy (non-hydrogen) atoms. The number of anilines is 1. The third kappa shape index (κ3) is 2.68. The smallest absolute Gasteiger partial charge is 0.272 e. The summed E-state index contributed by atoms with van der Waals surface area (Å²) in [6, 6.07) is 3.83. The Morgan fingerprint density at radius 2 is 1.71 bits per heavy atom. The first kappa shape index (κ1) is 15.9. The van der Waals surface area contributed by atoms with Crippen LogP contribution in [0.1, 0.15) is 55.9 Å². The lowest BCUT2D eigenvalue weighted by Gasteiger charge is -2.59. The number of hydrogen-bond acceptors (Lipinski definition) is 4. The Labute approximate surface area is 144 Å². The molecule has 5 rings (SSSR count). The molecular weight excluding hydrogens is 300 g/mol. The number of carbonyl (C=O) groups excluding carboxylic acids is 1. The first-order chi connectivity index (χ1) is 11.4. The SMILES string of the molecule is CC(NC(=O)c1ccc(N(C)C)nn1)C12CC3CC(CC(C3)C1)C2. The molecule has 1 unspecified atom stereocenters. The molecule has 4 saturated carbocycles. The van der Waals surface area contributed by atoms with Gasteiger partial charge in [-0.05, 0) is 80.8 Å². The van der Waals surface area contributed by atoms with E-state index in [1.807, 2.05) is 25.1 Å². The molecule has 0 spiro atoms. The van der Waals surface area contributed by atoms with Crippen LogP contribution in [-0.4, -0.2) is 36.2 Å². The van der Waals surface area contributed by atoms with E-state index < -0.39 is 0 Å². The van der Waals surface area contributed by atoms with Gasteiger partial charge < -0.3 is 10.2 Å². The van der Waals surface area contributed by atoms with Gasteiger partial charge in [0.2, 0.25) is 0 Å². The zero-order chi connectivity index (χ0) is 16.9. The van der Waals surface area contributed by atoms with Crippen LogP contribution in [0.2, 0.25) is 0 Å². The van der Waals surface area contributed by atoms with Crippen LogP contribution in [0.5, 0.6) is 0 Å². The molecule has 1 aromatic heterocycles. The molecule has 5 heteroatoms. The summed E-state index contributed by atoms with van der Waals surface area (Å²) in [6.07, 6.45) is 8.18. The van der Waals surface area contributed by atoms with Crippen molar-refractivity contribution in [3.05, 3.63) is 17.8 Å². The van der Waals surface area contributed by atoms with Crippen molar-refractivity contribution in [2.24, 2.45) is 23.2 Å². The van der Waals surface area contributed by atoms with E-state index in [1.54, 1.807) is 6.07 Å². The van der Waals surface area contributed by atoms with Crippen LogP contribution in [-0.2, 0) is 0 Å². The van der Waals surface area contributed by atoms with Crippen molar-refractivity contribution >= 4 is 11.7 Å². The maximum atomic E-state index is 12.6. The lowest BCUT2D eigenvalue weighted by molar-refractivity contribution is -0.0688. The molecule has 0 radical (unpaired) electrons. The number of carbonyl (C=O) groups is 1. The summed E-state index contributed by atoms with van der Waals surface area (Å²) < 4.78 is 0. The Hall–Kier alpha value is -1.65. The lowest BCUT2D eigenvalue weighted by Crippen LogP contribution is -2.55. The van der Waals surface area contributed by atoms with E-state index in [1.165, 1.54) is 38.5 Å². The van der Waals surface area contributed by atoms with Crippen LogP contribution in [0.4, 0.5) is 5.82 Å². The topological polar surface area (TPSA) is 58.1 Å². The highest BCUT2D eigenvalue weighted by atomic mass is 16.2. The summed E-state index contributed by atoms with van der Waals surface area (Å²) in [5.74, 6) is 3.37. The molecule has 1 aromatic rings. The van der Waals surface area contributed by atoms with Crippen molar-refractivity contribution in [3.63, 3.8) is 0 Å². The van der Waals surface area contributed by atoms with Crippen LogP contribution in [0, 0.1) is 23.2 Å². The lowest BCUT2D eigenvalue weighted by atomic mass is 9.48. The molecule has 4 aliphatic rings. The zero-order valence-corrected chi connectivity index (χ0v) is 15.0. The molecule has 4 bridgehead atoms. The monoisotopic (exact) mass is 328 g/mol. The highest BCUT2D eigenvalue weighted by Gasteiger charge is 2.53. The van der Waals surface area contributed by atoms with E-state index in [2.05, 4.69) is 22.4 Å². The number of amides is 1. The van der Waals surface area contributed by atoms with E-state index in [4.69, 9.17) is 0 Å². The van der Waals surface area contributed by atoms with E-state index in [0.717, 1.165) is 23.6 Å². The fourth-order valence-electron chi connectivity index (χ4n) is 5.82. The van der Waals surface area contributed by atoms with Gasteiger partial charge in [-0.2, -0.15) is 0 Å². The molecule has 0 aliphatic heterocycles. The largest absolute Gasteiger partial charge is 0.361 e. The second-order valence-electron chi connectivity index (χ2n) is 8.65. The average Bonchev–Trinajstić information content (AvgIpc) is 2.53. The first-order valence-corrected chi connectivity index (χ1v) is 9.27. The van der Waals surface area contributed by atoms with Gasteiger partial charge in [0.15, 0.2) is 11.5 Å². The first-order valence-electron chi connectivity index (χ1n) is 9.27. The molecule has 0 aromatic carbocycles. The maximum Gasteiger partial charge on any atom is 0.272 e. The van der Waals surface area contributed by atoms with E-state index in [0.29, 0.717) is 11.1 Å². The predicted octanol–water partition coefficient (Wildman–Crippen LogP) is 2.88. The summed E-state index contributed by atoms with van der Waals surface area (Å²) in [7, 11) is 3.83. The number of aromatic nitrogens is 2. The number of rotatable bonds is 4. The molecule has 4 fully saturated rings. The van der Waals surface area contributed by atoms with Gasteiger partial charge in [-0.15, -0.1) is 10.2 Å². The molecule has 5 nitrogen and oxygen atoms in total. The van der Waals surface area contributed by atoms with Crippen LogP contribution in [0.3, 0.4) is 0 Å². The van der Waals surface area contributed by atoms with Crippen molar-refractivity contribution in [2.75, 3.05) is 19.0 Å². The third-order valence-electron chi connectivity index (χ3n) is 6.69. The minimum atomic E-state index is -0.0870. The van der Waals surface area contributed by atoms with Gasteiger partial charge >= 0.3 is 0 Å². The Bertz CT molecular complexity index is 589. The molecule has 4 aliphatic carbocycles. The van der Waals surface area contributed by atoms with Crippen molar-refractivity contribution in [3.8, 4) is 0 Å². The van der Waals surface area contributed by atoms with Crippen LogP contribution in [0.25, 0.3) is 0 Å². The Kier molecular flexibility index (Phi) is 3.77. The van der Waals surface area contributed by atoms with Crippen molar-refractivity contribution in [2.45, 2.75) is 51.5 Å². The minimum Gasteiger partial charge on any atom is -0.361 e. The van der Waals surface area contributed by atoms with Crippen LogP contribution >= 0.6 is 0 Å². The maximum absolute atomic E-state index is 12.6. The second-order valence-corrected chi connectivity index (χ2v) is 8.65. The van der Waals surface area contributed by atoms with Crippen molar-refractivity contribution < 1.29 is 4.79 Å². The summed E-state index contributed by atoms with van der Waals surface area (Å²) >= 11 is 0. The minimum absolute atomic E-state index is 0.0870. The zero-order valence-electron chi connectivity index (χ0n) is 15.0. The normalized spacial score (nSPS) is 34.9. The summed E-state index contributed by atoms with van der Waals surface area (Å²) in [6.45, 7) is 2.20. The van der Waals surface area contributed by atoms with Gasteiger partial charge in [-0.1, -0.05) is 0 Å². The third-order valence-corrected chi connectivity index (χ3v) is 6.69. The van der Waals surface area contributed by atoms with Crippen molar-refractivity contribution in [1.29, 1.82) is 0 Å². The standard InChI is InChI=1S/C19H28N4O/c1-12(19-9-13-6-14(10-19)8-15(7-13)11-19)20-18(24)16-4-5-17(22-21-16)23(2)3/h4-5,12-15H,6-11H2,1-3H3,(H,20,24). The molecular formula is C19H28N4O. The van der Waals surface area contributed by atoms with E-state index >= 15 is 0 Å². The molecule has 0 saturated heterocycles. The Morgan fingerprint density at radius 3 is 2.17 bits per heavy atom. The van der Waals surface area contributed by atoms with Gasteiger partial charge in [0.1, 0.15) is 0 Å². The quantitative estimate of drug-likeness (QED) is 0.923. The van der Waals surface area contributed by atoms with E-state index in [-0.39, 0.29) is 11.9 Å². The molecule has 130 valence electrons. The van der Waals surface area contributed by atoms with Gasteiger partial charge in [-0.25, -0.2) is 0 Å². The van der Waals surface area contributed by atoms with E-state index in [9.17, 15) is 4.79 Å².